The highest BCUT2D eigenvalue weighted by Gasteiger charge is 2.14. The molecule has 0 radical (unpaired) electrons. The van der Waals surface area contributed by atoms with Crippen molar-refractivity contribution in [3.05, 3.63) is 77.9 Å². The lowest BCUT2D eigenvalue weighted by molar-refractivity contribution is 0.305. The molecule has 4 rings (SSSR count). The zero-order valence-electron chi connectivity index (χ0n) is 14.4. The molecule has 1 N–H and O–H groups in total. The van der Waals surface area contributed by atoms with Gasteiger partial charge in [-0.1, -0.05) is 30.3 Å². The van der Waals surface area contributed by atoms with E-state index in [1.165, 1.54) is 5.56 Å². The molecule has 0 spiro atoms. The lowest BCUT2D eigenvalue weighted by Gasteiger charge is -2.24. The number of aliphatic hydroxyl groups excluding tert-OH is 1. The van der Waals surface area contributed by atoms with Crippen LogP contribution < -0.4 is 4.90 Å². The molecule has 1 aromatic heterocycles. The molecule has 0 aliphatic carbocycles. The number of rotatable bonds is 3. The van der Waals surface area contributed by atoms with Gasteiger partial charge in [-0.3, -0.25) is 0 Å². The topological polar surface area (TPSA) is 36.4 Å². The van der Waals surface area contributed by atoms with Crippen molar-refractivity contribution in [3.63, 3.8) is 0 Å². The zero-order valence-corrected chi connectivity index (χ0v) is 14.4. The first kappa shape index (κ1) is 15.6. The first-order valence-electron chi connectivity index (χ1n) is 8.41. The summed E-state index contributed by atoms with van der Waals surface area (Å²) in [4.78, 5) is 6.78. The van der Waals surface area contributed by atoms with E-state index in [-0.39, 0.29) is 6.73 Å². The monoisotopic (exact) mass is 328 g/mol. The standard InChI is InChI=1S/C22H20N2O/c1-15-8-9-17-13-19-21(23-20(17)10-15)11-16(2)12-22(19)24(14-25)18-6-4-3-5-7-18/h3-13,25H,14H2,1-2H3. The van der Waals surface area contributed by atoms with Crippen molar-refractivity contribution in [2.75, 3.05) is 11.6 Å². The molecule has 0 bridgehead atoms. The van der Waals surface area contributed by atoms with Gasteiger partial charge in [0.1, 0.15) is 6.73 Å². The SMILES string of the molecule is Cc1ccc2cc3c(N(CO)c4ccccc4)cc(C)cc3nc2c1. The minimum atomic E-state index is -0.0888. The summed E-state index contributed by atoms with van der Waals surface area (Å²) in [6.45, 7) is 4.05. The smallest absolute Gasteiger partial charge is 0.120 e. The number of aromatic nitrogens is 1. The first-order chi connectivity index (χ1) is 12.2. The number of aryl methyl sites for hydroxylation is 2. The Balaban J connectivity index is 2.00. The fourth-order valence-electron chi connectivity index (χ4n) is 3.29. The van der Waals surface area contributed by atoms with Crippen molar-refractivity contribution in [1.82, 2.24) is 4.98 Å². The van der Waals surface area contributed by atoms with Gasteiger partial charge in [0.05, 0.1) is 16.7 Å². The van der Waals surface area contributed by atoms with Crippen LogP contribution in [0, 0.1) is 13.8 Å². The van der Waals surface area contributed by atoms with Gasteiger partial charge in [0.2, 0.25) is 0 Å². The Hall–Kier alpha value is -2.91. The quantitative estimate of drug-likeness (QED) is 0.420. The number of fused-ring (bicyclic) bond motifs is 2. The van der Waals surface area contributed by atoms with Crippen LogP contribution in [0.15, 0.2) is 66.7 Å². The Kier molecular flexibility index (Phi) is 3.86. The van der Waals surface area contributed by atoms with Gasteiger partial charge < -0.3 is 10.0 Å². The van der Waals surface area contributed by atoms with Crippen molar-refractivity contribution < 1.29 is 5.11 Å². The van der Waals surface area contributed by atoms with Crippen LogP contribution >= 0.6 is 0 Å². The van der Waals surface area contributed by atoms with Crippen LogP contribution in [0.2, 0.25) is 0 Å². The summed E-state index contributed by atoms with van der Waals surface area (Å²) in [5.41, 5.74) is 6.20. The second kappa shape index (κ2) is 6.19. The summed E-state index contributed by atoms with van der Waals surface area (Å²) in [7, 11) is 0. The number of pyridine rings is 1. The van der Waals surface area contributed by atoms with Crippen LogP contribution in [0.1, 0.15) is 11.1 Å². The maximum absolute atomic E-state index is 10.0. The van der Waals surface area contributed by atoms with Crippen LogP contribution in [0.4, 0.5) is 11.4 Å². The first-order valence-corrected chi connectivity index (χ1v) is 8.41. The summed E-state index contributed by atoms with van der Waals surface area (Å²) in [5.74, 6) is 0. The number of hydrogen-bond acceptors (Lipinski definition) is 3. The van der Waals surface area contributed by atoms with E-state index in [1.807, 2.05) is 35.2 Å². The van der Waals surface area contributed by atoms with Gasteiger partial charge in [-0.2, -0.15) is 0 Å². The van der Waals surface area contributed by atoms with E-state index >= 15 is 0 Å². The number of nitrogens with zero attached hydrogens (tertiary/aromatic N) is 2. The Bertz CT molecular complexity index is 1060. The molecule has 0 aliphatic rings. The highest BCUT2D eigenvalue weighted by molar-refractivity contribution is 6.01. The fourth-order valence-corrected chi connectivity index (χ4v) is 3.29. The van der Waals surface area contributed by atoms with E-state index in [0.717, 1.165) is 38.7 Å². The average molecular weight is 328 g/mol. The predicted molar refractivity (Wildman–Crippen MR) is 104 cm³/mol. The molecule has 0 aliphatic heterocycles. The van der Waals surface area contributed by atoms with Crippen molar-refractivity contribution in [3.8, 4) is 0 Å². The van der Waals surface area contributed by atoms with Crippen LogP contribution in [0.5, 0.6) is 0 Å². The second-order valence-electron chi connectivity index (χ2n) is 6.44. The summed E-state index contributed by atoms with van der Waals surface area (Å²) in [5, 5.41) is 12.2. The molecule has 3 nitrogen and oxygen atoms in total. The Morgan fingerprint density at radius 3 is 2.36 bits per heavy atom. The Morgan fingerprint density at radius 1 is 0.840 bits per heavy atom. The van der Waals surface area contributed by atoms with Crippen LogP contribution in [0.25, 0.3) is 21.8 Å². The van der Waals surface area contributed by atoms with Gasteiger partial charge in [-0.05, 0) is 61.4 Å². The highest BCUT2D eigenvalue weighted by Crippen LogP contribution is 2.34. The third-order valence-corrected chi connectivity index (χ3v) is 4.51. The third kappa shape index (κ3) is 2.83. The molecule has 3 heteroatoms. The van der Waals surface area contributed by atoms with E-state index < -0.39 is 0 Å². The highest BCUT2D eigenvalue weighted by atomic mass is 16.3. The van der Waals surface area contributed by atoms with Crippen LogP contribution in [-0.2, 0) is 0 Å². The molecule has 25 heavy (non-hydrogen) atoms. The van der Waals surface area contributed by atoms with E-state index in [2.05, 4.69) is 50.2 Å². The summed E-state index contributed by atoms with van der Waals surface area (Å²) >= 11 is 0. The second-order valence-corrected chi connectivity index (χ2v) is 6.44. The lowest BCUT2D eigenvalue weighted by atomic mass is 10.0. The molecule has 0 amide bonds. The van der Waals surface area contributed by atoms with E-state index in [9.17, 15) is 5.11 Å². The average Bonchev–Trinajstić information content (AvgIpc) is 2.61. The van der Waals surface area contributed by atoms with Crippen molar-refractivity contribution in [2.24, 2.45) is 0 Å². The molecule has 124 valence electrons. The van der Waals surface area contributed by atoms with Gasteiger partial charge in [0.25, 0.3) is 0 Å². The molecule has 0 saturated carbocycles. The summed E-state index contributed by atoms with van der Waals surface area (Å²) in [6.07, 6.45) is 0. The van der Waals surface area contributed by atoms with Crippen LogP contribution in [-0.4, -0.2) is 16.8 Å². The number of aliphatic hydroxyl groups is 1. The van der Waals surface area contributed by atoms with Gasteiger partial charge in [0.15, 0.2) is 0 Å². The lowest BCUT2D eigenvalue weighted by Crippen LogP contribution is -2.18. The minimum Gasteiger partial charge on any atom is -0.376 e. The molecule has 1 heterocycles. The van der Waals surface area contributed by atoms with Crippen molar-refractivity contribution in [2.45, 2.75) is 13.8 Å². The number of anilines is 2. The van der Waals surface area contributed by atoms with Gasteiger partial charge >= 0.3 is 0 Å². The Labute approximate surface area is 147 Å². The van der Waals surface area contributed by atoms with E-state index in [4.69, 9.17) is 4.98 Å². The van der Waals surface area contributed by atoms with Gasteiger partial charge in [0, 0.05) is 16.5 Å². The zero-order chi connectivity index (χ0) is 17.4. The third-order valence-electron chi connectivity index (χ3n) is 4.51. The molecule has 0 atom stereocenters. The van der Waals surface area contributed by atoms with E-state index in [1.54, 1.807) is 0 Å². The number of benzene rings is 3. The molecule has 4 aromatic rings. The molecule has 0 unspecified atom stereocenters. The van der Waals surface area contributed by atoms with Crippen LogP contribution in [0.3, 0.4) is 0 Å². The predicted octanol–water partition coefficient (Wildman–Crippen LogP) is 5.09. The number of para-hydroxylation sites is 1. The van der Waals surface area contributed by atoms with Gasteiger partial charge in [-0.15, -0.1) is 0 Å². The summed E-state index contributed by atoms with van der Waals surface area (Å²) < 4.78 is 0. The fraction of sp³-hybridized carbons (Fsp3) is 0.136. The molecular weight excluding hydrogens is 308 g/mol. The van der Waals surface area contributed by atoms with Gasteiger partial charge in [-0.25, -0.2) is 4.98 Å². The molecule has 3 aromatic carbocycles. The maximum Gasteiger partial charge on any atom is 0.120 e. The Morgan fingerprint density at radius 2 is 1.60 bits per heavy atom. The summed E-state index contributed by atoms with van der Waals surface area (Å²) in [6, 6.07) is 22.6. The van der Waals surface area contributed by atoms with Crippen molar-refractivity contribution >= 4 is 33.2 Å². The largest absolute Gasteiger partial charge is 0.376 e. The molecular formula is C22H20N2O. The van der Waals surface area contributed by atoms with Crippen molar-refractivity contribution in [1.29, 1.82) is 0 Å². The maximum atomic E-state index is 10.0. The van der Waals surface area contributed by atoms with E-state index in [0.29, 0.717) is 0 Å². The normalized spacial score (nSPS) is 11.2. The molecule has 0 fully saturated rings. The minimum absolute atomic E-state index is 0.0888. The number of hydrogen-bond donors (Lipinski definition) is 1. The molecule has 0 saturated heterocycles.